The van der Waals surface area contributed by atoms with Crippen molar-refractivity contribution >= 4 is 11.9 Å². The van der Waals surface area contributed by atoms with E-state index in [2.05, 4.69) is 5.32 Å². The van der Waals surface area contributed by atoms with Gasteiger partial charge in [-0.15, -0.1) is 0 Å². The van der Waals surface area contributed by atoms with Crippen LogP contribution in [0.5, 0.6) is 5.75 Å². The zero-order valence-electron chi connectivity index (χ0n) is 11.9. The molecule has 2 rings (SSSR count). The number of carbonyl (C=O) groups is 2. The molecular formula is C15H19NO5. The number of aliphatic carboxylic acids is 1. The van der Waals surface area contributed by atoms with Gasteiger partial charge in [0.25, 0.3) is 0 Å². The molecule has 1 amide bonds. The summed E-state index contributed by atoms with van der Waals surface area (Å²) in [6, 6.07) is 6.40. The van der Waals surface area contributed by atoms with Crippen molar-refractivity contribution in [1.82, 2.24) is 5.32 Å². The molecule has 1 aliphatic rings. The van der Waals surface area contributed by atoms with Crippen molar-refractivity contribution in [3.8, 4) is 5.75 Å². The van der Waals surface area contributed by atoms with E-state index in [0.717, 1.165) is 12.0 Å². The lowest BCUT2D eigenvalue weighted by molar-refractivity contribution is -0.138. The monoisotopic (exact) mass is 293 g/mol. The lowest BCUT2D eigenvalue weighted by Gasteiger charge is -2.20. The normalized spacial score (nSPS) is 19.0. The first-order valence-corrected chi connectivity index (χ1v) is 6.88. The van der Waals surface area contributed by atoms with Crippen molar-refractivity contribution in [3.05, 3.63) is 29.8 Å². The minimum atomic E-state index is -0.969. The molecule has 2 N–H and O–H groups in total. The van der Waals surface area contributed by atoms with Crippen molar-refractivity contribution < 1.29 is 24.2 Å². The van der Waals surface area contributed by atoms with Crippen LogP contribution in [0.3, 0.4) is 0 Å². The summed E-state index contributed by atoms with van der Waals surface area (Å²) in [5.41, 5.74) is 0.726. The molecule has 114 valence electrons. The Bertz CT molecular complexity index is 493. The van der Waals surface area contributed by atoms with Crippen LogP contribution in [0.1, 0.15) is 30.9 Å². The molecule has 0 aliphatic carbocycles. The molecule has 2 atom stereocenters. The summed E-state index contributed by atoms with van der Waals surface area (Å²) >= 11 is 0. The molecule has 1 unspecified atom stereocenters. The average molecular weight is 293 g/mol. The van der Waals surface area contributed by atoms with Crippen LogP contribution in [-0.2, 0) is 14.3 Å². The van der Waals surface area contributed by atoms with Gasteiger partial charge in [0.15, 0.2) is 0 Å². The number of ether oxygens (including phenoxy) is 2. The van der Waals surface area contributed by atoms with Crippen LogP contribution in [0.4, 0.5) is 0 Å². The SMILES string of the molecule is COc1ccc(C(CC(=O)O)NC(=O)[C@@H]2CCCO2)cc1. The summed E-state index contributed by atoms with van der Waals surface area (Å²) in [6.45, 7) is 0.574. The fourth-order valence-corrected chi connectivity index (χ4v) is 2.31. The van der Waals surface area contributed by atoms with E-state index in [1.165, 1.54) is 0 Å². The fraction of sp³-hybridized carbons (Fsp3) is 0.467. The number of amides is 1. The van der Waals surface area contributed by atoms with Gasteiger partial charge in [0, 0.05) is 6.61 Å². The Hall–Kier alpha value is -2.08. The number of hydrogen-bond acceptors (Lipinski definition) is 4. The van der Waals surface area contributed by atoms with Crippen LogP contribution in [0.25, 0.3) is 0 Å². The van der Waals surface area contributed by atoms with E-state index in [1.54, 1.807) is 31.4 Å². The lowest BCUT2D eigenvalue weighted by Crippen LogP contribution is -2.37. The maximum atomic E-state index is 12.1. The van der Waals surface area contributed by atoms with E-state index in [-0.39, 0.29) is 12.3 Å². The van der Waals surface area contributed by atoms with Gasteiger partial charge in [0.05, 0.1) is 19.6 Å². The third-order valence-electron chi connectivity index (χ3n) is 3.44. The highest BCUT2D eigenvalue weighted by Crippen LogP contribution is 2.21. The lowest BCUT2D eigenvalue weighted by atomic mass is 10.0. The van der Waals surface area contributed by atoms with Crippen LogP contribution in [0, 0.1) is 0 Å². The molecule has 0 saturated carbocycles. The minimum Gasteiger partial charge on any atom is -0.497 e. The molecule has 21 heavy (non-hydrogen) atoms. The Kier molecular flexibility index (Phi) is 5.16. The third-order valence-corrected chi connectivity index (χ3v) is 3.44. The van der Waals surface area contributed by atoms with Gasteiger partial charge < -0.3 is 19.9 Å². The molecule has 0 radical (unpaired) electrons. The van der Waals surface area contributed by atoms with E-state index in [4.69, 9.17) is 14.6 Å². The highest BCUT2D eigenvalue weighted by molar-refractivity contribution is 5.82. The molecule has 1 aromatic carbocycles. The van der Waals surface area contributed by atoms with E-state index >= 15 is 0 Å². The first kappa shape index (κ1) is 15.3. The van der Waals surface area contributed by atoms with Gasteiger partial charge in [0.1, 0.15) is 11.9 Å². The molecule has 6 heteroatoms. The topological polar surface area (TPSA) is 84.9 Å². The highest BCUT2D eigenvalue weighted by atomic mass is 16.5. The van der Waals surface area contributed by atoms with Crippen molar-refractivity contribution in [2.24, 2.45) is 0 Å². The summed E-state index contributed by atoms with van der Waals surface area (Å²) in [6.07, 6.45) is 0.878. The molecule has 0 aromatic heterocycles. The Labute approximate surface area is 123 Å². The zero-order valence-corrected chi connectivity index (χ0v) is 11.9. The number of carbonyl (C=O) groups excluding carboxylic acids is 1. The summed E-state index contributed by atoms with van der Waals surface area (Å²) < 4.78 is 10.4. The number of methoxy groups -OCH3 is 1. The van der Waals surface area contributed by atoms with Crippen LogP contribution in [-0.4, -0.2) is 36.8 Å². The maximum absolute atomic E-state index is 12.1. The predicted octanol–water partition coefficient (Wildman–Crippen LogP) is 1.51. The molecular weight excluding hydrogens is 274 g/mol. The number of carboxylic acid groups (broad SMARTS) is 1. The average Bonchev–Trinajstić information content (AvgIpc) is 3.00. The van der Waals surface area contributed by atoms with Gasteiger partial charge in [0.2, 0.25) is 5.91 Å². The van der Waals surface area contributed by atoms with Gasteiger partial charge in [-0.3, -0.25) is 9.59 Å². The van der Waals surface area contributed by atoms with Crippen LogP contribution in [0.15, 0.2) is 24.3 Å². The molecule has 1 heterocycles. The second kappa shape index (κ2) is 7.08. The van der Waals surface area contributed by atoms with Gasteiger partial charge in [-0.1, -0.05) is 12.1 Å². The van der Waals surface area contributed by atoms with Gasteiger partial charge in [-0.2, -0.15) is 0 Å². The molecule has 6 nitrogen and oxygen atoms in total. The summed E-state index contributed by atoms with van der Waals surface area (Å²) in [5, 5.41) is 11.8. The molecule has 1 saturated heterocycles. The fourth-order valence-electron chi connectivity index (χ4n) is 2.31. The second-order valence-electron chi connectivity index (χ2n) is 4.93. The van der Waals surface area contributed by atoms with Crippen molar-refractivity contribution in [1.29, 1.82) is 0 Å². The zero-order chi connectivity index (χ0) is 15.2. The van der Waals surface area contributed by atoms with Gasteiger partial charge in [-0.25, -0.2) is 0 Å². The van der Waals surface area contributed by atoms with E-state index < -0.39 is 18.1 Å². The van der Waals surface area contributed by atoms with Crippen LogP contribution < -0.4 is 10.1 Å². The van der Waals surface area contributed by atoms with Crippen molar-refractivity contribution in [2.45, 2.75) is 31.4 Å². The summed E-state index contributed by atoms with van der Waals surface area (Å²) in [7, 11) is 1.56. The minimum absolute atomic E-state index is 0.176. The predicted molar refractivity (Wildman–Crippen MR) is 75.1 cm³/mol. The van der Waals surface area contributed by atoms with E-state index in [0.29, 0.717) is 18.8 Å². The second-order valence-corrected chi connectivity index (χ2v) is 4.93. The highest BCUT2D eigenvalue weighted by Gasteiger charge is 2.27. The Morgan fingerprint density at radius 2 is 2.14 bits per heavy atom. The van der Waals surface area contributed by atoms with E-state index in [1.807, 2.05) is 0 Å². The number of hydrogen-bond donors (Lipinski definition) is 2. The third kappa shape index (κ3) is 4.19. The molecule has 1 aromatic rings. The van der Waals surface area contributed by atoms with Crippen LogP contribution >= 0.6 is 0 Å². The van der Waals surface area contributed by atoms with Crippen molar-refractivity contribution in [2.75, 3.05) is 13.7 Å². The smallest absolute Gasteiger partial charge is 0.305 e. The van der Waals surface area contributed by atoms with Gasteiger partial charge >= 0.3 is 5.97 Å². The van der Waals surface area contributed by atoms with Crippen LogP contribution in [0.2, 0.25) is 0 Å². The molecule has 1 fully saturated rings. The van der Waals surface area contributed by atoms with E-state index in [9.17, 15) is 9.59 Å². The molecule has 0 bridgehead atoms. The Morgan fingerprint density at radius 1 is 1.43 bits per heavy atom. The standard InChI is InChI=1S/C15H19NO5/c1-20-11-6-4-10(5-7-11)12(9-14(17)18)16-15(19)13-3-2-8-21-13/h4-7,12-13H,2-3,8-9H2,1H3,(H,16,19)(H,17,18)/t12?,13-/m0/s1. The summed E-state index contributed by atoms with van der Waals surface area (Å²) in [4.78, 5) is 23.1. The first-order chi connectivity index (χ1) is 10.1. The molecule has 0 spiro atoms. The summed E-state index contributed by atoms with van der Waals surface area (Å²) in [5.74, 6) is -0.545. The quantitative estimate of drug-likeness (QED) is 0.830. The van der Waals surface area contributed by atoms with Crippen molar-refractivity contribution in [3.63, 3.8) is 0 Å². The Morgan fingerprint density at radius 3 is 2.67 bits per heavy atom. The number of benzene rings is 1. The largest absolute Gasteiger partial charge is 0.497 e. The first-order valence-electron chi connectivity index (χ1n) is 6.88. The van der Waals surface area contributed by atoms with Gasteiger partial charge in [-0.05, 0) is 30.5 Å². The Balaban J connectivity index is 2.08. The maximum Gasteiger partial charge on any atom is 0.305 e. The molecule has 1 aliphatic heterocycles. The number of carboxylic acids is 1. The number of rotatable bonds is 6. The number of nitrogens with one attached hydrogen (secondary N) is 1.